The molecular weight excluding hydrogens is 148 g/mol. The van der Waals surface area contributed by atoms with Crippen LogP contribution in [0.1, 0.15) is 0 Å². The molecule has 0 radical (unpaired) electrons. The van der Waals surface area contributed by atoms with Crippen molar-refractivity contribution in [2.24, 2.45) is 4.99 Å². The Bertz CT molecular complexity index is 333. The number of hydrogen-bond donors (Lipinski definition) is 1. The van der Waals surface area contributed by atoms with Gasteiger partial charge in [-0.2, -0.15) is 13.5 Å². The zero-order valence-electron chi connectivity index (χ0n) is 5.09. The Labute approximate surface area is 63.9 Å². The van der Waals surface area contributed by atoms with Gasteiger partial charge in [0.25, 0.3) is 5.91 Å². The summed E-state index contributed by atoms with van der Waals surface area (Å²) in [6, 6.07) is 1.77. The van der Waals surface area contributed by atoms with Crippen LogP contribution < -0.4 is 10.7 Å². The lowest BCUT2D eigenvalue weighted by Gasteiger charge is -1.67. The number of aromatic amines is 1. The van der Waals surface area contributed by atoms with Crippen molar-refractivity contribution in [1.29, 1.82) is 0 Å². The van der Waals surface area contributed by atoms with E-state index in [4.69, 9.17) is 0 Å². The fourth-order valence-electron chi connectivity index (χ4n) is 0.862. The van der Waals surface area contributed by atoms with Crippen LogP contribution in [0, 0.1) is 0 Å². The predicted molar refractivity (Wildman–Crippen MR) is 41.4 cm³/mol. The summed E-state index contributed by atoms with van der Waals surface area (Å²) >= 11 is 0. The Kier molecular flexibility index (Phi) is 1.63. The average molecular weight is 154 g/mol. The summed E-state index contributed by atoms with van der Waals surface area (Å²) in [4.78, 5) is 17.1. The summed E-state index contributed by atoms with van der Waals surface area (Å²) in [5.41, 5.74) is 0. The third kappa shape index (κ3) is 0.863. The van der Waals surface area contributed by atoms with Gasteiger partial charge in [0.05, 0.1) is 10.7 Å². The number of carbonyl (C=O) groups excluding carboxylic acids is 1. The molecular formula is C6H6N2OS. The van der Waals surface area contributed by atoms with Gasteiger partial charge in [-0.3, -0.25) is 4.79 Å². The molecule has 1 aliphatic rings. The number of H-pyrrole nitrogens is 1. The molecule has 1 aromatic heterocycles. The highest BCUT2D eigenvalue weighted by molar-refractivity contribution is 7.59. The van der Waals surface area contributed by atoms with Gasteiger partial charge in [0, 0.05) is 12.3 Å². The van der Waals surface area contributed by atoms with Gasteiger partial charge >= 0.3 is 0 Å². The molecule has 0 unspecified atom stereocenters. The van der Waals surface area contributed by atoms with E-state index in [0.29, 0.717) is 0 Å². The van der Waals surface area contributed by atoms with E-state index in [1.807, 2.05) is 0 Å². The predicted octanol–water partition coefficient (Wildman–Crippen LogP) is -0.932. The van der Waals surface area contributed by atoms with Crippen LogP contribution in [0.25, 0.3) is 6.08 Å². The molecule has 52 valence electrons. The molecule has 0 fully saturated rings. The zero-order valence-corrected chi connectivity index (χ0v) is 6.09. The quantitative estimate of drug-likeness (QED) is 0.515. The molecule has 1 N–H and O–H groups in total. The van der Waals surface area contributed by atoms with Crippen molar-refractivity contribution < 1.29 is 4.79 Å². The number of hydrogen-bond acceptors (Lipinski definition) is 1. The molecule has 1 aromatic rings. The maximum absolute atomic E-state index is 10.5. The first kappa shape index (κ1) is 7.08. The second kappa shape index (κ2) is 2.30. The molecule has 0 spiro atoms. The smallest absolute Gasteiger partial charge is 0.272 e. The van der Waals surface area contributed by atoms with E-state index in [-0.39, 0.29) is 19.4 Å². The Morgan fingerprint density at radius 1 is 1.50 bits per heavy atom. The van der Waals surface area contributed by atoms with Gasteiger partial charge in [-0.05, 0) is 6.07 Å². The van der Waals surface area contributed by atoms with Crippen LogP contribution >= 0.6 is 13.5 Å². The van der Waals surface area contributed by atoms with E-state index in [1.165, 1.54) is 6.08 Å². The first-order valence-corrected chi connectivity index (χ1v) is 2.64. The summed E-state index contributed by atoms with van der Waals surface area (Å²) in [6.07, 6.45) is 3.24. The highest BCUT2D eigenvalue weighted by atomic mass is 32.1. The molecule has 1 aliphatic heterocycles. The minimum atomic E-state index is -0.170. The van der Waals surface area contributed by atoms with E-state index in [2.05, 4.69) is 9.98 Å². The Morgan fingerprint density at radius 3 is 3.00 bits per heavy atom. The number of carbonyl (C=O) groups is 1. The molecule has 2 rings (SSSR count). The first-order valence-electron chi connectivity index (χ1n) is 2.64. The van der Waals surface area contributed by atoms with Gasteiger partial charge in [0.1, 0.15) is 0 Å². The fraction of sp³-hybridized carbons (Fsp3) is 0. The van der Waals surface area contributed by atoms with Gasteiger partial charge in [-0.1, -0.05) is 0 Å². The van der Waals surface area contributed by atoms with Gasteiger partial charge in [-0.15, -0.1) is 0 Å². The molecule has 2 heterocycles. The summed E-state index contributed by atoms with van der Waals surface area (Å²) in [7, 11) is 0. The normalized spacial score (nSPS) is 13.0. The monoisotopic (exact) mass is 154 g/mol. The Hall–Kier alpha value is -1.03. The van der Waals surface area contributed by atoms with E-state index >= 15 is 0 Å². The lowest BCUT2D eigenvalue weighted by atomic mass is 10.5. The van der Waals surface area contributed by atoms with Crippen molar-refractivity contribution in [1.82, 2.24) is 4.98 Å². The van der Waals surface area contributed by atoms with E-state index < -0.39 is 0 Å². The number of rotatable bonds is 0. The van der Waals surface area contributed by atoms with Crippen LogP contribution in [0.2, 0.25) is 0 Å². The summed E-state index contributed by atoms with van der Waals surface area (Å²) in [6.45, 7) is 0. The highest BCUT2D eigenvalue weighted by Crippen LogP contribution is 1.79. The van der Waals surface area contributed by atoms with Crippen LogP contribution in [-0.4, -0.2) is 10.9 Å². The third-order valence-electron chi connectivity index (χ3n) is 1.25. The van der Waals surface area contributed by atoms with E-state index in [0.717, 1.165) is 10.7 Å². The van der Waals surface area contributed by atoms with Crippen LogP contribution in [-0.2, 0) is 4.79 Å². The van der Waals surface area contributed by atoms with Crippen molar-refractivity contribution in [2.75, 3.05) is 0 Å². The molecule has 10 heavy (non-hydrogen) atoms. The fourth-order valence-corrected chi connectivity index (χ4v) is 0.862. The minimum absolute atomic E-state index is 0. The molecule has 4 heteroatoms. The topological polar surface area (TPSA) is 45.2 Å². The summed E-state index contributed by atoms with van der Waals surface area (Å²) in [5, 5.41) is 1.57. The number of aromatic nitrogens is 1. The van der Waals surface area contributed by atoms with Gasteiger partial charge < -0.3 is 4.98 Å². The van der Waals surface area contributed by atoms with Crippen molar-refractivity contribution in [2.45, 2.75) is 0 Å². The molecule has 0 atom stereocenters. The third-order valence-corrected chi connectivity index (χ3v) is 1.25. The van der Waals surface area contributed by atoms with Crippen LogP contribution in [0.4, 0.5) is 0 Å². The minimum Gasteiger partial charge on any atom is -0.360 e. The Morgan fingerprint density at radius 2 is 2.30 bits per heavy atom. The van der Waals surface area contributed by atoms with Crippen LogP contribution in [0.15, 0.2) is 17.3 Å². The lowest BCUT2D eigenvalue weighted by molar-refractivity contribution is -0.112. The van der Waals surface area contributed by atoms with Crippen LogP contribution in [0.3, 0.4) is 0 Å². The largest absolute Gasteiger partial charge is 0.360 e. The zero-order chi connectivity index (χ0) is 6.27. The highest BCUT2D eigenvalue weighted by Gasteiger charge is 2.01. The number of nitrogens with zero attached hydrogens (tertiary/aromatic N) is 1. The van der Waals surface area contributed by atoms with E-state index in [1.54, 1.807) is 12.3 Å². The van der Waals surface area contributed by atoms with Crippen molar-refractivity contribution in [3.63, 3.8) is 0 Å². The molecule has 0 saturated carbocycles. The van der Waals surface area contributed by atoms with Gasteiger partial charge in [0.15, 0.2) is 0 Å². The second-order valence-electron chi connectivity index (χ2n) is 1.87. The summed E-state index contributed by atoms with van der Waals surface area (Å²) in [5.74, 6) is -0.170. The average Bonchev–Trinajstić information content (AvgIpc) is 2.22. The number of nitrogens with one attached hydrogen (secondary N) is 1. The number of amides is 1. The van der Waals surface area contributed by atoms with E-state index in [9.17, 15) is 4.79 Å². The SMILES string of the molecule is O=C1C=c2[nH]ccc2=N1.S. The second-order valence-corrected chi connectivity index (χ2v) is 1.87. The summed E-state index contributed by atoms with van der Waals surface area (Å²) < 4.78 is 0. The molecule has 3 nitrogen and oxygen atoms in total. The molecule has 0 saturated heterocycles. The first-order chi connectivity index (χ1) is 4.36. The van der Waals surface area contributed by atoms with Gasteiger partial charge in [0.2, 0.25) is 0 Å². The molecule has 0 bridgehead atoms. The maximum Gasteiger partial charge on any atom is 0.272 e. The lowest BCUT2D eigenvalue weighted by Crippen LogP contribution is -2.17. The van der Waals surface area contributed by atoms with Crippen molar-refractivity contribution in [3.8, 4) is 0 Å². The Balaban J connectivity index is 0.000000500. The van der Waals surface area contributed by atoms with Crippen molar-refractivity contribution >= 4 is 25.5 Å². The van der Waals surface area contributed by atoms with Crippen molar-refractivity contribution in [3.05, 3.63) is 23.0 Å². The molecule has 0 aromatic carbocycles. The maximum atomic E-state index is 10.5. The molecule has 1 amide bonds. The van der Waals surface area contributed by atoms with Crippen LogP contribution in [0.5, 0.6) is 0 Å². The number of fused-ring (bicyclic) bond motifs is 1. The molecule has 0 aliphatic carbocycles. The standard InChI is InChI=1S/C6H4N2O.H2S/c9-6-3-5-4(8-6)1-2-7-5;/h1-3,7H;1H2. The van der Waals surface area contributed by atoms with Gasteiger partial charge in [-0.25, -0.2) is 4.99 Å².